The first-order valence-electron chi connectivity index (χ1n) is 2.73. The molecule has 0 N–H and O–H groups in total. The zero-order valence-electron chi connectivity index (χ0n) is 5.65. The van der Waals surface area contributed by atoms with Crippen LogP contribution in [0.3, 0.4) is 0 Å². The Hall–Kier alpha value is 0.495. The van der Waals surface area contributed by atoms with Gasteiger partial charge in [0.2, 0.25) is 0 Å². The standard InChI is InChI=1S/C5H14BP/c1-4(6)5(2,3)7/h4H,6-7H2,1-3H3. The second-order valence-corrected chi connectivity index (χ2v) is 4.46. The van der Waals surface area contributed by atoms with Crippen molar-refractivity contribution in [2.24, 2.45) is 0 Å². The fourth-order valence-electron chi connectivity index (χ4n) is 0. The zero-order chi connectivity index (χ0) is 6.08. The van der Waals surface area contributed by atoms with Gasteiger partial charge < -0.3 is 0 Å². The van der Waals surface area contributed by atoms with E-state index in [0.717, 1.165) is 5.82 Å². The average Bonchev–Trinajstić information content (AvgIpc) is 1.31. The van der Waals surface area contributed by atoms with E-state index < -0.39 is 0 Å². The fraction of sp³-hybridized carbons (Fsp3) is 1.00. The van der Waals surface area contributed by atoms with Crippen LogP contribution in [0, 0.1) is 0 Å². The Morgan fingerprint density at radius 1 is 1.57 bits per heavy atom. The van der Waals surface area contributed by atoms with Crippen LogP contribution in [-0.4, -0.2) is 13.0 Å². The summed E-state index contributed by atoms with van der Waals surface area (Å²) in [6.07, 6.45) is 0. The molecule has 0 nitrogen and oxygen atoms in total. The molecule has 2 heteroatoms. The summed E-state index contributed by atoms with van der Waals surface area (Å²) in [5.41, 5.74) is 0. The molecular formula is C5H14BP. The third kappa shape index (κ3) is 3.11. The molecule has 0 spiro atoms. The topological polar surface area (TPSA) is 0 Å². The first kappa shape index (κ1) is 7.49. The lowest BCUT2D eigenvalue weighted by atomic mass is 9.79. The normalized spacial score (nSPS) is 16.6. The Balaban J connectivity index is 3.54. The highest BCUT2D eigenvalue weighted by molar-refractivity contribution is 7.19. The molecular weight excluding hydrogens is 102 g/mol. The summed E-state index contributed by atoms with van der Waals surface area (Å²) in [5.74, 6) is 0.762. The maximum atomic E-state index is 2.83. The molecule has 0 aliphatic carbocycles. The summed E-state index contributed by atoms with van der Waals surface area (Å²) in [6, 6.07) is 0. The molecule has 0 aromatic carbocycles. The lowest BCUT2D eigenvalue weighted by molar-refractivity contribution is 0.683. The Morgan fingerprint density at radius 3 is 1.71 bits per heavy atom. The smallest absolute Gasteiger partial charge is 0.106 e. The van der Waals surface area contributed by atoms with Gasteiger partial charge in [-0.05, 0) is 5.16 Å². The van der Waals surface area contributed by atoms with Crippen molar-refractivity contribution in [1.82, 2.24) is 0 Å². The third-order valence-corrected chi connectivity index (χ3v) is 2.15. The fourth-order valence-corrected chi connectivity index (χ4v) is 0. The minimum Gasteiger partial charge on any atom is -0.132 e. The van der Waals surface area contributed by atoms with E-state index in [-0.39, 0.29) is 0 Å². The van der Waals surface area contributed by atoms with Gasteiger partial charge in [-0.15, -0.1) is 9.24 Å². The van der Waals surface area contributed by atoms with E-state index in [9.17, 15) is 0 Å². The van der Waals surface area contributed by atoms with Gasteiger partial charge in [-0.3, -0.25) is 0 Å². The van der Waals surface area contributed by atoms with Crippen LogP contribution in [0.25, 0.3) is 0 Å². The van der Waals surface area contributed by atoms with Crippen molar-refractivity contribution in [1.29, 1.82) is 0 Å². The maximum absolute atomic E-state index is 2.83. The first-order valence-corrected chi connectivity index (χ1v) is 3.31. The van der Waals surface area contributed by atoms with Crippen LogP contribution < -0.4 is 0 Å². The lowest BCUT2D eigenvalue weighted by Gasteiger charge is -2.22. The molecule has 0 aromatic rings. The highest BCUT2D eigenvalue weighted by atomic mass is 31.0. The molecule has 0 aromatic heterocycles. The molecule has 0 aliphatic rings. The van der Waals surface area contributed by atoms with E-state index in [1.165, 1.54) is 0 Å². The highest BCUT2D eigenvalue weighted by Crippen LogP contribution is 2.27. The Bertz CT molecular complexity index is 53.6. The van der Waals surface area contributed by atoms with Crippen LogP contribution in [0.15, 0.2) is 0 Å². The largest absolute Gasteiger partial charge is 0.132 e. The Kier molecular flexibility index (Phi) is 2.33. The predicted molar refractivity (Wildman–Crippen MR) is 41.8 cm³/mol. The molecule has 0 amide bonds. The monoisotopic (exact) mass is 116 g/mol. The van der Waals surface area contributed by atoms with E-state index in [1.807, 2.05) is 0 Å². The van der Waals surface area contributed by atoms with Crippen LogP contribution in [0.1, 0.15) is 20.8 Å². The molecule has 0 saturated carbocycles. The summed E-state index contributed by atoms with van der Waals surface area (Å²) in [6.45, 7) is 6.68. The van der Waals surface area contributed by atoms with Gasteiger partial charge in [0.15, 0.2) is 0 Å². The molecule has 0 radical (unpaired) electrons. The number of hydrogen-bond donors (Lipinski definition) is 0. The summed E-state index contributed by atoms with van der Waals surface area (Å²) in [4.78, 5) is 0. The number of hydrogen-bond acceptors (Lipinski definition) is 0. The van der Waals surface area contributed by atoms with Crippen molar-refractivity contribution in [3.63, 3.8) is 0 Å². The van der Waals surface area contributed by atoms with Crippen LogP contribution in [0.4, 0.5) is 0 Å². The molecule has 0 heterocycles. The second-order valence-electron chi connectivity index (χ2n) is 2.98. The van der Waals surface area contributed by atoms with Gasteiger partial charge in [0.25, 0.3) is 0 Å². The summed E-state index contributed by atoms with van der Waals surface area (Å²) in [5, 5.41) is 0.417. The summed E-state index contributed by atoms with van der Waals surface area (Å²) < 4.78 is 0. The van der Waals surface area contributed by atoms with Crippen molar-refractivity contribution in [2.75, 3.05) is 0 Å². The Labute approximate surface area is 49.7 Å². The molecule has 2 unspecified atom stereocenters. The van der Waals surface area contributed by atoms with Gasteiger partial charge in [0.05, 0.1) is 0 Å². The minimum atomic E-state index is 0.417. The van der Waals surface area contributed by atoms with Crippen LogP contribution in [-0.2, 0) is 0 Å². The molecule has 0 bridgehead atoms. The van der Waals surface area contributed by atoms with E-state index in [2.05, 4.69) is 37.9 Å². The molecule has 2 atom stereocenters. The second kappa shape index (κ2) is 2.18. The SMILES string of the molecule is BC(C)C(C)(C)P. The van der Waals surface area contributed by atoms with Crippen molar-refractivity contribution in [2.45, 2.75) is 31.7 Å². The van der Waals surface area contributed by atoms with Crippen LogP contribution in [0.5, 0.6) is 0 Å². The van der Waals surface area contributed by atoms with Gasteiger partial charge in [0, 0.05) is 0 Å². The van der Waals surface area contributed by atoms with Crippen LogP contribution >= 0.6 is 9.24 Å². The molecule has 42 valence electrons. The van der Waals surface area contributed by atoms with Crippen molar-refractivity contribution in [3.8, 4) is 0 Å². The average molecular weight is 116 g/mol. The van der Waals surface area contributed by atoms with Gasteiger partial charge in [0.1, 0.15) is 7.85 Å². The maximum Gasteiger partial charge on any atom is 0.106 e. The Morgan fingerprint density at radius 2 is 1.71 bits per heavy atom. The minimum absolute atomic E-state index is 0.417. The van der Waals surface area contributed by atoms with Crippen molar-refractivity contribution in [3.05, 3.63) is 0 Å². The highest BCUT2D eigenvalue weighted by Gasteiger charge is 2.13. The lowest BCUT2D eigenvalue weighted by Crippen LogP contribution is -2.15. The van der Waals surface area contributed by atoms with Crippen LogP contribution in [0.2, 0.25) is 5.82 Å². The molecule has 0 fully saturated rings. The molecule has 0 saturated heterocycles. The van der Waals surface area contributed by atoms with Crippen molar-refractivity contribution < 1.29 is 0 Å². The van der Waals surface area contributed by atoms with Gasteiger partial charge in [-0.2, -0.15) is 0 Å². The van der Waals surface area contributed by atoms with E-state index >= 15 is 0 Å². The van der Waals surface area contributed by atoms with Crippen molar-refractivity contribution >= 4 is 17.1 Å². The van der Waals surface area contributed by atoms with E-state index in [0.29, 0.717) is 5.16 Å². The van der Waals surface area contributed by atoms with Gasteiger partial charge >= 0.3 is 0 Å². The quantitative estimate of drug-likeness (QED) is 0.355. The molecule has 0 rings (SSSR count). The zero-order valence-corrected chi connectivity index (χ0v) is 6.81. The van der Waals surface area contributed by atoms with E-state index in [1.54, 1.807) is 0 Å². The number of rotatable bonds is 1. The van der Waals surface area contributed by atoms with Gasteiger partial charge in [-0.25, -0.2) is 0 Å². The van der Waals surface area contributed by atoms with Gasteiger partial charge in [-0.1, -0.05) is 26.6 Å². The third-order valence-electron chi connectivity index (χ3n) is 1.49. The summed E-state index contributed by atoms with van der Waals surface area (Å²) in [7, 11) is 5.06. The predicted octanol–water partition coefficient (Wildman–Crippen LogP) is 1.08. The first-order chi connectivity index (χ1) is 2.94. The van der Waals surface area contributed by atoms with E-state index in [4.69, 9.17) is 0 Å². The molecule has 7 heavy (non-hydrogen) atoms. The molecule has 0 aliphatic heterocycles. The summed E-state index contributed by atoms with van der Waals surface area (Å²) >= 11 is 0.